The van der Waals surface area contributed by atoms with E-state index in [1.54, 1.807) is 7.05 Å². The second-order valence-electron chi connectivity index (χ2n) is 4.73. The molecule has 2 rings (SSSR count). The van der Waals surface area contributed by atoms with E-state index < -0.39 is 17.3 Å². The summed E-state index contributed by atoms with van der Waals surface area (Å²) >= 11 is 0. The molecule has 21 heavy (non-hydrogen) atoms. The van der Waals surface area contributed by atoms with Crippen molar-refractivity contribution < 1.29 is 8.78 Å². The van der Waals surface area contributed by atoms with Crippen molar-refractivity contribution in [3.05, 3.63) is 68.0 Å². The van der Waals surface area contributed by atoms with E-state index in [9.17, 15) is 18.4 Å². The number of hydrogen-bond acceptors (Lipinski definition) is 3. The van der Waals surface area contributed by atoms with Gasteiger partial charge in [-0.2, -0.15) is 0 Å². The fourth-order valence-electron chi connectivity index (χ4n) is 1.93. The van der Waals surface area contributed by atoms with Crippen LogP contribution in [0.2, 0.25) is 0 Å². The summed E-state index contributed by atoms with van der Waals surface area (Å²) < 4.78 is 28.2. The van der Waals surface area contributed by atoms with E-state index in [1.165, 1.54) is 23.7 Å². The number of hydrogen-bond donors (Lipinski definition) is 1. The molecule has 1 N–H and O–H groups in total. The molecule has 0 aliphatic carbocycles. The lowest BCUT2D eigenvalue weighted by atomic mass is 10.2. The zero-order valence-electron chi connectivity index (χ0n) is 11.7. The highest BCUT2D eigenvalue weighted by atomic mass is 19.2. The van der Waals surface area contributed by atoms with Gasteiger partial charge in [-0.05, 0) is 17.7 Å². The summed E-state index contributed by atoms with van der Waals surface area (Å²) in [6, 6.07) is 4.99. The maximum Gasteiger partial charge on any atom is 0.330 e. The topological polar surface area (TPSA) is 56.0 Å². The Morgan fingerprint density at radius 1 is 1.00 bits per heavy atom. The van der Waals surface area contributed by atoms with Crippen LogP contribution in [0.3, 0.4) is 0 Å². The SMILES string of the molecule is Cn1c(CNCc2ccc(F)c(F)c2)cc(=O)n(C)c1=O. The Morgan fingerprint density at radius 2 is 1.71 bits per heavy atom. The lowest BCUT2D eigenvalue weighted by Gasteiger charge is -2.10. The summed E-state index contributed by atoms with van der Waals surface area (Å²) in [4.78, 5) is 23.3. The Hall–Kier alpha value is -2.28. The predicted octanol–water partition coefficient (Wildman–Crippen LogP) is 0.652. The van der Waals surface area contributed by atoms with Gasteiger partial charge in [-0.1, -0.05) is 6.07 Å². The molecule has 7 heteroatoms. The highest BCUT2D eigenvalue weighted by Gasteiger charge is 2.06. The van der Waals surface area contributed by atoms with E-state index in [0.29, 0.717) is 17.8 Å². The summed E-state index contributed by atoms with van der Waals surface area (Å²) in [6.45, 7) is 0.557. The van der Waals surface area contributed by atoms with Crippen molar-refractivity contribution in [3.8, 4) is 0 Å². The van der Waals surface area contributed by atoms with Crippen LogP contribution in [0.4, 0.5) is 8.78 Å². The van der Waals surface area contributed by atoms with Crippen molar-refractivity contribution in [1.29, 1.82) is 0 Å². The Labute approximate surface area is 119 Å². The molecular weight excluding hydrogens is 280 g/mol. The summed E-state index contributed by atoms with van der Waals surface area (Å²) in [5.74, 6) is -1.80. The van der Waals surface area contributed by atoms with Gasteiger partial charge in [0.25, 0.3) is 5.56 Å². The molecule has 0 aliphatic rings. The molecule has 0 atom stereocenters. The number of nitrogens with zero attached hydrogens (tertiary/aromatic N) is 2. The molecule has 0 unspecified atom stereocenters. The van der Waals surface area contributed by atoms with Crippen LogP contribution in [0, 0.1) is 11.6 Å². The monoisotopic (exact) mass is 295 g/mol. The normalized spacial score (nSPS) is 10.9. The molecule has 0 radical (unpaired) electrons. The van der Waals surface area contributed by atoms with Crippen LogP contribution in [-0.2, 0) is 27.2 Å². The zero-order chi connectivity index (χ0) is 15.6. The minimum atomic E-state index is -0.907. The fourth-order valence-corrected chi connectivity index (χ4v) is 1.93. The third-order valence-corrected chi connectivity index (χ3v) is 3.24. The van der Waals surface area contributed by atoms with Crippen LogP contribution in [0.5, 0.6) is 0 Å². The number of benzene rings is 1. The van der Waals surface area contributed by atoms with E-state index in [-0.39, 0.29) is 12.1 Å². The van der Waals surface area contributed by atoms with Gasteiger partial charge in [-0.3, -0.25) is 13.9 Å². The van der Waals surface area contributed by atoms with Crippen molar-refractivity contribution in [1.82, 2.24) is 14.5 Å². The highest BCUT2D eigenvalue weighted by molar-refractivity contribution is 5.17. The average Bonchev–Trinajstić information content (AvgIpc) is 2.46. The average molecular weight is 295 g/mol. The highest BCUT2D eigenvalue weighted by Crippen LogP contribution is 2.08. The quantitative estimate of drug-likeness (QED) is 0.901. The third-order valence-electron chi connectivity index (χ3n) is 3.24. The van der Waals surface area contributed by atoms with Gasteiger partial charge >= 0.3 is 5.69 Å². The Morgan fingerprint density at radius 3 is 2.38 bits per heavy atom. The number of nitrogens with one attached hydrogen (secondary N) is 1. The minimum Gasteiger partial charge on any atom is -0.307 e. The van der Waals surface area contributed by atoms with Crippen LogP contribution >= 0.6 is 0 Å². The summed E-state index contributed by atoms with van der Waals surface area (Å²) in [6.07, 6.45) is 0. The van der Waals surface area contributed by atoms with Crippen molar-refractivity contribution in [2.45, 2.75) is 13.1 Å². The first-order valence-electron chi connectivity index (χ1n) is 6.30. The smallest absolute Gasteiger partial charge is 0.307 e. The van der Waals surface area contributed by atoms with Gasteiger partial charge in [0, 0.05) is 38.9 Å². The molecule has 0 aliphatic heterocycles. The molecule has 1 heterocycles. The second kappa shape index (κ2) is 6.01. The van der Waals surface area contributed by atoms with Gasteiger partial charge in [0.05, 0.1) is 0 Å². The standard InChI is InChI=1S/C14H15F2N3O2/c1-18-10(6-13(20)19(2)14(18)21)8-17-7-9-3-4-11(15)12(16)5-9/h3-6,17H,7-8H2,1-2H3. The number of halogens is 2. The molecule has 0 spiro atoms. The first kappa shape index (κ1) is 15.1. The molecule has 0 bridgehead atoms. The first-order valence-corrected chi connectivity index (χ1v) is 6.30. The largest absolute Gasteiger partial charge is 0.330 e. The molecule has 112 valence electrons. The predicted molar refractivity (Wildman–Crippen MR) is 73.8 cm³/mol. The van der Waals surface area contributed by atoms with Gasteiger partial charge in [-0.25, -0.2) is 13.6 Å². The Balaban J connectivity index is 2.09. The van der Waals surface area contributed by atoms with E-state index in [1.807, 2.05) is 0 Å². The molecule has 1 aromatic heterocycles. The third kappa shape index (κ3) is 3.25. The van der Waals surface area contributed by atoms with Crippen molar-refractivity contribution >= 4 is 0 Å². The van der Waals surface area contributed by atoms with Crippen LogP contribution in [0.1, 0.15) is 11.3 Å². The van der Waals surface area contributed by atoms with E-state index in [0.717, 1.165) is 16.7 Å². The van der Waals surface area contributed by atoms with Gasteiger partial charge in [-0.15, -0.1) is 0 Å². The summed E-state index contributed by atoms with van der Waals surface area (Å²) in [5, 5.41) is 2.98. The molecule has 0 amide bonds. The van der Waals surface area contributed by atoms with E-state index >= 15 is 0 Å². The molecule has 0 saturated carbocycles. The van der Waals surface area contributed by atoms with Crippen LogP contribution in [0.15, 0.2) is 33.9 Å². The van der Waals surface area contributed by atoms with Gasteiger partial charge in [0.15, 0.2) is 11.6 Å². The van der Waals surface area contributed by atoms with Crippen molar-refractivity contribution in [2.75, 3.05) is 0 Å². The molecule has 5 nitrogen and oxygen atoms in total. The second-order valence-corrected chi connectivity index (χ2v) is 4.73. The zero-order valence-corrected chi connectivity index (χ0v) is 11.7. The molecule has 2 aromatic rings. The molecule has 1 aromatic carbocycles. The fraction of sp³-hybridized carbons (Fsp3) is 0.286. The Kier molecular flexibility index (Phi) is 4.32. The van der Waals surface area contributed by atoms with Crippen LogP contribution in [0.25, 0.3) is 0 Å². The lowest BCUT2D eigenvalue weighted by Crippen LogP contribution is -2.38. The summed E-state index contributed by atoms with van der Waals surface area (Å²) in [5.41, 5.74) is 0.295. The van der Waals surface area contributed by atoms with E-state index in [2.05, 4.69) is 5.32 Å². The van der Waals surface area contributed by atoms with Crippen molar-refractivity contribution in [3.63, 3.8) is 0 Å². The molecule has 0 saturated heterocycles. The lowest BCUT2D eigenvalue weighted by molar-refractivity contribution is 0.505. The molecular formula is C14H15F2N3O2. The first-order chi connectivity index (χ1) is 9.90. The van der Waals surface area contributed by atoms with Crippen molar-refractivity contribution in [2.24, 2.45) is 14.1 Å². The maximum absolute atomic E-state index is 13.1. The number of aromatic nitrogens is 2. The number of rotatable bonds is 4. The Bertz CT molecular complexity index is 781. The van der Waals surface area contributed by atoms with E-state index in [4.69, 9.17) is 0 Å². The summed E-state index contributed by atoms with van der Waals surface area (Å²) in [7, 11) is 2.97. The molecule has 0 fully saturated rings. The van der Waals surface area contributed by atoms with Gasteiger partial charge in [0.2, 0.25) is 0 Å². The maximum atomic E-state index is 13.1. The van der Waals surface area contributed by atoms with Crippen LogP contribution < -0.4 is 16.6 Å². The minimum absolute atomic E-state index is 0.265. The van der Waals surface area contributed by atoms with Gasteiger partial charge < -0.3 is 5.32 Å². The van der Waals surface area contributed by atoms with Crippen LogP contribution in [-0.4, -0.2) is 9.13 Å². The van der Waals surface area contributed by atoms with Gasteiger partial charge in [0.1, 0.15) is 0 Å².